The van der Waals surface area contributed by atoms with Crippen LogP contribution in [0.3, 0.4) is 0 Å². The summed E-state index contributed by atoms with van der Waals surface area (Å²) in [6, 6.07) is 7.58. The van der Waals surface area contributed by atoms with Crippen LogP contribution < -0.4 is 0 Å². The molecule has 0 radical (unpaired) electrons. The Kier molecular flexibility index (Phi) is 3.74. The standard InChI is InChI=1S/C10H9BrO/c11-6-2-5-9-3-1-4-10(7-9)8-12/h1-4,6-8H,5H2/b6-2+. The highest BCUT2D eigenvalue weighted by Crippen LogP contribution is 2.04. The van der Waals surface area contributed by atoms with E-state index in [1.54, 1.807) is 6.07 Å². The van der Waals surface area contributed by atoms with Crippen LogP contribution in [0.25, 0.3) is 0 Å². The lowest BCUT2D eigenvalue weighted by Gasteiger charge is -1.95. The predicted octanol–water partition coefficient (Wildman–Crippen LogP) is 2.95. The Morgan fingerprint density at radius 1 is 1.42 bits per heavy atom. The van der Waals surface area contributed by atoms with Crippen molar-refractivity contribution < 1.29 is 4.79 Å². The smallest absolute Gasteiger partial charge is 0.150 e. The van der Waals surface area contributed by atoms with Crippen LogP contribution in [-0.2, 0) is 6.42 Å². The Morgan fingerprint density at radius 3 is 2.92 bits per heavy atom. The average molecular weight is 225 g/mol. The number of carbonyl (C=O) groups is 1. The monoisotopic (exact) mass is 224 g/mol. The van der Waals surface area contributed by atoms with Crippen LogP contribution in [0, 0.1) is 0 Å². The molecule has 1 aromatic carbocycles. The molecule has 0 aliphatic rings. The van der Waals surface area contributed by atoms with Gasteiger partial charge in [0.25, 0.3) is 0 Å². The molecule has 12 heavy (non-hydrogen) atoms. The first-order valence-corrected chi connectivity index (χ1v) is 4.57. The van der Waals surface area contributed by atoms with E-state index in [-0.39, 0.29) is 0 Å². The van der Waals surface area contributed by atoms with Crippen LogP contribution in [0.1, 0.15) is 15.9 Å². The number of aldehydes is 1. The van der Waals surface area contributed by atoms with Gasteiger partial charge < -0.3 is 0 Å². The number of halogens is 1. The summed E-state index contributed by atoms with van der Waals surface area (Å²) in [4.78, 5) is 12.2. The maximum absolute atomic E-state index is 10.4. The van der Waals surface area contributed by atoms with Gasteiger partial charge in [0, 0.05) is 5.56 Å². The SMILES string of the molecule is O=Cc1cccc(C/C=C/Br)c1. The van der Waals surface area contributed by atoms with Crippen molar-refractivity contribution in [2.24, 2.45) is 0 Å². The molecule has 0 aliphatic heterocycles. The number of carbonyl (C=O) groups excluding carboxylic acids is 1. The first-order chi connectivity index (χ1) is 5.86. The number of hydrogen-bond acceptors (Lipinski definition) is 1. The molecule has 2 heteroatoms. The zero-order valence-electron chi connectivity index (χ0n) is 6.53. The van der Waals surface area contributed by atoms with Crippen molar-refractivity contribution in [3.05, 3.63) is 46.5 Å². The van der Waals surface area contributed by atoms with E-state index in [0.29, 0.717) is 0 Å². The number of benzene rings is 1. The van der Waals surface area contributed by atoms with E-state index in [4.69, 9.17) is 0 Å². The summed E-state index contributed by atoms with van der Waals surface area (Å²) in [6.45, 7) is 0. The van der Waals surface area contributed by atoms with Gasteiger partial charge in [-0.25, -0.2) is 0 Å². The maximum Gasteiger partial charge on any atom is 0.150 e. The van der Waals surface area contributed by atoms with E-state index in [0.717, 1.165) is 23.8 Å². The first-order valence-electron chi connectivity index (χ1n) is 3.66. The minimum Gasteiger partial charge on any atom is -0.298 e. The van der Waals surface area contributed by atoms with Crippen LogP contribution in [-0.4, -0.2) is 6.29 Å². The summed E-state index contributed by atoms with van der Waals surface area (Å²) in [5.41, 5.74) is 1.88. The number of hydrogen-bond donors (Lipinski definition) is 0. The van der Waals surface area contributed by atoms with Crippen LogP contribution in [0.2, 0.25) is 0 Å². The minimum atomic E-state index is 0.732. The van der Waals surface area contributed by atoms with E-state index in [9.17, 15) is 4.79 Å². The first kappa shape index (κ1) is 9.20. The summed E-state index contributed by atoms with van der Waals surface area (Å²) in [7, 11) is 0. The summed E-state index contributed by atoms with van der Waals surface area (Å²) < 4.78 is 0. The molecule has 0 saturated heterocycles. The molecular weight excluding hydrogens is 216 g/mol. The van der Waals surface area contributed by atoms with Crippen molar-refractivity contribution in [3.8, 4) is 0 Å². The van der Waals surface area contributed by atoms with Gasteiger partial charge in [0.1, 0.15) is 6.29 Å². The van der Waals surface area contributed by atoms with Crippen molar-refractivity contribution in [3.63, 3.8) is 0 Å². The second-order valence-corrected chi connectivity index (χ2v) is 2.96. The van der Waals surface area contributed by atoms with Crippen molar-refractivity contribution in [1.29, 1.82) is 0 Å². The molecule has 0 spiro atoms. The molecule has 0 heterocycles. The maximum atomic E-state index is 10.4. The third kappa shape index (κ3) is 2.62. The van der Waals surface area contributed by atoms with Crippen molar-refractivity contribution in [1.82, 2.24) is 0 Å². The van der Waals surface area contributed by atoms with Crippen LogP contribution in [0.5, 0.6) is 0 Å². The lowest BCUT2D eigenvalue weighted by Crippen LogP contribution is -1.84. The number of rotatable bonds is 3. The van der Waals surface area contributed by atoms with Crippen molar-refractivity contribution in [2.45, 2.75) is 6.42 Å². The van der Waals surface area contributed by atoms with Crippen LogP contribution in [0.4, 0.5) is 0 Å². The third-order valence-corrected chi connectivity index (χ3v) is 1.90. The zero-order valence-corrected chi connectivity index (χ0v) is 8.12. The van der Waals surface area contributed by atoms with Crippen LogP contribution >= 0.6 is 15.9 Å². The Bertz CT molecular complexity index is 292. The van der Waals surface area contributed by atoms with Gasteiger partial charge in [-0.1, -0.05) is 40.2 Å². The molecule has 1 nitrogen and oxygen atoms in total. The van der Waals surface area contributed by atoms with Gasteiger partial charge in [0.2, 0.25) is 0 Å². The van der Waals surface area contributed by atoms with E-state index in [1.807, 2.05) is 29.3 Å². The Labute approximate surface area is 80.2 Å². The fourth-order valence-corrected chi connectivity index (χ4v) is 1.16. The zero-order chi connectivity index (χ0) is 8.81. The Balaban J connectivity index is 2.79. The van der Waals surface area contributed by atoms with Gasteiger partial charge in [-0.3, -0.25) is 4.79 Å². The Morgan fingerprint density at radius 2 is 2.25 bits per heavy atom. The summed E-state index contributed by atoms with van der Waals surface area (Å²) >= 11 is 3.19. The molecule has 0 saturated carbocycles. The second-order valence-electron chi connectivity index (χ2n) is 2.43. The lowest BCUT2D eigenvalue weighted by molar-refractivity contribution is 0.112. The molecule has 1 aromatic rings. The molecule has 0 N–H and O–H groups in total. The van der Waals surface area contributed by atoms with Gasteiger partial charge in [-0.15, -0.1) is 0 Å². The van der Waals surface area contributed by atoms with Crippen LogP contribution in [0.15, 0.2) is 35.3 Å². The molecule has 0 unspecified atom stereocenters. The highest BCUT2D eigenvalue weighted by Gasteiger charge is 1.91. The molecule has 0 atom stereocenters. The van der Waals surface area contributed by atoms with Gasteiger partial charge >= 0.3 is 0 Å². The topological polar surface area (TPSA) is 17.1 Å². The molecule has 0 aromatic heterocycles. The molecule has 0 amide bonds. The predicted molar refractivity (Wildman–Crippen MR) is 53.6 cm³/mol. The summed E-state index contributed by atoms with van der Waals surface area (Å²) in [5.74, 6) is 0. The normalized spacial score (nSPS) is 10.4. The largest absolute Gasteiger partial charge is 0.298 e. The molecule has 0 bridgehead atoms. The van der Waals surface area contributed by atoms with Gasteiger partial charge in [0.15, 0.2) is 0 Å². The molecule has 1 rings (SSSR count). The molecule has 0 aliphatic carbocycles. The highest BCUT2D eigenvalue weighted by atomic mass is 79.9. The third-order valence-electron chi connectivity index (χ3n) is 1.53. The molecular formula is C10H9BrO. The average Bonchev–Trinajstić information content (AvgIpc) is 2.15. The minimum absolute atomic E-state index is 0.732. The van der Waals surface area contributed by atoms with E-state index in [1.165, 1.54) is 0 Å². The Hall–Kier alpha value is -0.890. The van der Waals surface area contributed by atoms with E-state index < -0.39 is 0 Å². The molecule has 62 valence electrons. The second kappa shape index (κ2) is 4.88. The van der Waals surface area contributed by atoms with E-state index >= 15 is 0 Å². The van der Waals surface area contributed by atoms with Crippen molar-refractivity contribution in [2.75, 3.05) is 0 Å². The fraction of sp³-hybridized carbons (Fsp3) is 0.100. The van der Waals surface area contributed by atoms with E-state index in [2.05, 4.69) is 15.9 Å². The van der Waals surface area contributed by atoms with Crippen molar-refractivity contribution >= 4 is 22.2 Å². The van der Waals surface area contributed by atoms with Gasteiger partial charge in [0.05, 0.1) is 0 Å². The highest BCUT2D eigenvalue weighted by molar-refractivity contribution is 9.11. The number of allylic oxidation sites excluding steroid dienone is 1. The summed E-state index contributed by atoms with van der Waals surface area (Å²) in [5, 5.41) is 0. The lowest BCUT2D eigenvalue weighted by atomic mass is 10.1. The fourth-order valence-electron chi connectivity index (χ4n) is 0.974. The van der Waals surface area contributed by atoms with Gasteiger partial charge in [-0.05, 0) is 23.0 Å². The molecule has 0 fully saturated rings. The van der Waals surface area contributed by atoms with Gasteiger partial charge in [-0.2, -0.15) is 0 Å². The summed E-state index contributed by atoms with van der Waals surface area (Å²) in [6.07, 6.45) is 3.71. The quantitative estimate of drug-likeness (QED) is 0.722.